The number of hydrogen-bond acceptors (Lipinski definition) is 6. The first-order valence-corrected chi connectivity index (χ1v) is 4.40. The van der Waals surface area contributed by atoms with E-state index in [0.29, 0.717) is 0 Å². The van der Waals surface area contributed by atoms with Crippen LogP contribution in [-0.4, -0.2) is 26.2 Å². The first kappa shape index (κ1) is 12.3. The monoisotopic (exact) mass is 243 g/mol. The Bertz CT molecular complexity index is 459. The zero-order chi connectivity index (χ0) is 12.3. The number of aliphatic hydroxyl groups is 2. The highest BCUT2D eigenvalue weighted by atomic mass is 35.5. The molecule has 8 heteroatoms. The lowest BCUT2D eigenvalue weighted by molar-refractivity contribution is -0.386. The van der Waals surface area contributed by atoms with Gasteiger partial charge in [0.25, 0.3) is 5.69 Å². The second-order valence-corrected chi connectivity index (χ2v) is 3.27. The average molecular weight is 244 g/mol. The second-order valence-electron chi connectivity index (χ2n) is 2.83. The number of halogens is 1. The van der Waals surface area contributed by atoms with E-state index in [4.69, 9.17) is 22.0 Å². The lowest BCUT2D eigenvalue weighted by Crippen LogP contribution is -2.18. The lowest BCUT2D eigenvalue weighted by Gasteiger charge is -2.10. The molecule has 2 N–H and O–H groups in total. The van der Waals surface area contributed by atoms with Crippen LogP contribution >= 0.6 is 11.6 Å². The molecule has 0 saturated heterocycles. The van der Waals surface area contributed by atoms with Crippen molar-refractivity contribution in [3.63, 3.8) is 0 Å². The van der Waals surface area contributed by atoms with Crippen molar-refractivity contribution in [2.45, 2.75) is 12.2 Å². The van der Waals surface area contributed by atoms with Crippen LogP contribution in [0, 0.1) is 21.4 Å². The number of pyridine rings is 1. The maximum absolute atomic E-state index is 10.6. The summed E-state index contributed by atoms with van der Waals surface area (Å²) in [4.78, 5) is 13.4. The summed E-state index contributed by atoms with van der Waals surface area (Å²) in [7, 11) is 0. The number of nitriles is 1. The average Bonchev–Trinajstić information content (AvgIpc) is 2.26. The van der Waals surface area contributed by atoms with Crippen LogP contribution in [0.4, 0.5) is 5.69 Å². The molecule has 0 aliphatic carbocycles. The molecule has 16 heavy (non-hydrogen) atoms. The van der Waals surface area contributed by atoms with E-state index >= 15 is 0 Å². The molecule has 0 aliphatic heterocycles. The van der Waals surface area contributed by atoms with Gasteiger partial charge in [0.05, 0.1) is 16.0 Å². The quantitative estimate of drug-likeness (QED) is 0.455. The van der Waals surface area contributed by atoms with E-state index in [1.165, 1.54) is 6.07 Å². The summed E-state index contributed by atoms with van der Waals surface area (Å²) in [6.07, 6.45) is -2.45. The summed E-state index contributed by atoms with van der Waals surface area (Å²) in [6.45, 7) is 0. The largest absolute Gasteiger partial charge is 0.383 e. The van der Waals surface area contributed by atoms with Crippen LogP contribution in [0.15, 0.2) is 12.3 Å². The molecular weight excluding hydrogens is 238 g/mol. The fourth-order valence-electron chi connectivity index (χ4n) is 1.03. The molecule has 84 valence electrons. The van der Waals surface area contributed by atoms with E-state index in [9.17, 15) is 15.2 Å². The van der Waals surface area contributed by atoms with Crippen LogP contribution in [0.5, 0.6) is 0 Å². The van der Waals surface area contributed by atoms with Gasteiger partial charge in [-0.25, -0.2) is 4.98 Å². The minimum atomic E-state index is -1.78. The third kappa shape index (κ3) is 2.43. The van der Waals surface area contributed by atoms with Crippen LogP contribution < -0.4 is 0 Å². The molecule has 0 amide bonds. The summed E-state index contributed by atoms with van der Waals surface area (Å²) >= 11 is 5.50. The van der Waals surface area contributed by atoms with Crippen LogP contribution in [-0.2, 0) is 0 Å². The minimum absolute atomic E-state index is 0.0223. The maximum Gasteiger partial charge on any atom is 0.295 e. The molecule has 1 aromatic heterocycles. The third-order valence-corrected chi connectivity index (χ3v) is 1.98. The molecule has 0 aromatic carbocycles. The normalized spacial score (nSPS) is 13.9. The molecule has 1 aromatic rings. The predicted octanol–water partition coefficient (Wildman–Crippen LogP) is 0.561. The zero-order valence-corrected chi connectivity index (χ0v) is 8.50. The molecule has 0 fully saturated rings. The van der Waals surface area contributed by atoms with E-state index in [2.05, 4.69) is 4.98 Å². The van der Waals surface area contributed by atoms with Gasteiger partial charge in [-0.2, -0.15) is 5.26 Å². The van der Waals surface area contributed by atoms with Gasteiger partial charge >= 0.3 is 0 Å². The van der Waals surface area contributed by atoms with Crippen LogP contribution in [0.3, 0.4) is 0 Å². The Morgan fingerprint density at radius 1 is 1.62 bits per heavy atom. The highest BCUT2D eigenvalue weighted by Crippen LogP contribution is 2.27. The molecule has 0 spiro atoms. The van der Waals surface area contributed by atoms with Crippen molar-refractivity contribution in [1.82, 2.24) is 4.98 Å². The van der Waals surface area contributed by atoms with Gasteiger partial charge in [0, 0.05) is 12.3 Å². The second kappa shape index (κ2) is 4.85. The Labute approximate surface area is 94.7 Å². The van der Waals surface area contributed by atoms with Crippen molar-refractivity contribution in [3.05, 3.63) is 33.1 Å². The lowest BCUT2D eigenvalue weighted by atomic mass is 10.1. The Hall–Kier alpha value is -1.75. The molecule has 2 unspecified atom stereocenters. The van der Waals surface area contributed by atoms with Gasteiger partial charge in [-0.3, -0.25) is 10.1 Å². The summed E-state index contributed by atoms with van der Waals surface area (Å²) in [5, 5.41) is 37.5. The molecule has 2 atom stereocenters. The van der Waals surface area contributed by atoms with Crippen molar-refractivity contribution in [1.29, 1.82) is 5.26 Å². The van der Waals surface area contributed by atoms with Gasteiger partial charge in [0.15, 0.2) is 11.8 Å². The molecule has 0 radical (unpaired) electrons. The SMILES string of the molecule is N#CC(O)C(O)c1ncc(Cl)cc1[N+](=O)[O-]. The molecule has 7 nitrogen and oxygen atoms in total. The maximum atomic E-state index is 10.6. The number of rotatable bonds is 3. The Morgan fingerprint density at radius 2 is 2.25 bits per heavy atom. The summed E-state index contributed by atoms with van der Waals surface area (Å²) < 4.78 is 0. The molecule has 0 aliphatic rings. The number of nitro groups is 1. The predicted molar refractivity (Wildman–Crippen MR) is 52.5 cm³/mol. The van der Waals surface area contributed by atoms with Gasteiger partial charge in [-0.1, -0.05) is 11.6 Å². The van der Waals surface area contributed by atoms with E-state index in [0.717, 1.165) is 12.3 Å². The summed E-state index contributed by atoms with van der Waals surface area (Å²) in [6, 6.07) is 2.34. The van der Waals surface area contributed by atoms with Gasteiger partial charge in [-0.05, 0) is 0 Å². The third-order valence-electron chi connectivity index (χ3n) is 1.77. The van der Waals surface area contributed by atoms with Gasteiger partial charge in [0.1, 0.15) is 6.10 Å². The summed E-state index contributed by atoms with van der Waals surface area (Å²) in [5.74, 6) is 0. The van der Waals surface area contributed by atoms with Crippen molar-refractivity contribution >= 4 is 17.3 Å². The summed E-state index contributed by atoms with van der Waals surface area (Å²) in [5.41, 5.74) is -0.947. The van der Waals surface area contributed by atoms with E-state index in [1.54, 1.807) is 0 Å². The van der Waals surface area contributed by atoms with Gasteiger partial charge < -0.3 is 10.2 Å². The number of nitrogens with zero attached hydrogens (tertiary/aromatic N) is 3. The Kier molecular flexibility index (Phi) is 3.73. The van der Waals surface area contributed by atoms with E-state index < -0.39 is 28.5 Å². The first-order chi connectivity index (χ1) is 7.47. The Morgan fingerprint density at radius 3 is 2.75 bits per heavy atom. The fraction of sp³-hybridized carbons (Fsp3) is 0.250. The van der Waals surface area contributed by atoms with Crippen molar-refractivity contribution in [2.75, 3.05) is 0 Å². The van der Waals surface area contributed by atoms with Crippen molar-refractivity contribution in [2.24, 2.45) is 0 Å². The highest BCUT2D eigenvalue weighted by molar-refractivity contribution is 6.30. The molecule has 1 rings (SSSR count). The number of hydrogen-bond donors (Lipinski definition) is 2. The van der Waals surface area contributed by atoms with Crippen LogP contribution in [0.1, 0.15) is 11.8 Å². The topological polar surface area (TPSA) is 120 Å². The minimum Gasteiger partial charge on any atom is -0.383 e. The fourth-order valence-corrected chi connectivity index (χ4v) is 1.19. The zero-order valence-electron chi connectivity index (χ0n) is 7.74. The smallest absolute Gasteiger partial charge is 0.295 e. The standard InChI is InChI=1S/C8H6ClN3O4/c9-4-1-5(12(15)16)7(11-3-4)8(14)6(13)2-10/h1,3,6,8,13-14H. The van der Waals surface area contributed by atoms with Crippen molar-refractivity contribution in [3.8, 4) is 6.07 Å². The highest BCUT2D eigenvalue weighted by Gasteiger charge is 2.28. The van der Waals surface area contributed by atoms with Crippen molar-refractivity contribution < 1.29 is 15.1 Å². The molecule has 0 saturated carbocycles. The van der Waals surface area contributed by atoms with Gasteiger partial charge in [0.2, 0.25) is 0 Å². The molecule has 0 bridgehead atoms. The van der Waals surface area contributed by atoms with E-state index in [1.807, 2.05) is 0 Å². The number of aliphatic hydroxyl groups excluding tert-OH is 2. The van der Waals surface area contributed by atoms with Gasteiger partial charge in [-0.15, -0.1) is 0 Å². The van der Waals surface area contributed by atoms with Crippen LogP contribution in [0.2, 0.25) is 5.02 Å². The molecular formula is C8H6ClN3O4. The molecule has 1 heterocycles. The van der Waals surface area contributed by atoms with Crippen LogP contribution in [0.25, 0.3) is 0 Å². The number of aromatic nitrogens is 1. The van der Waals surface area contributed by atoms with E-state index in [-0.39, 0.29) is 5.02 Å². The Balaban J connectivity index is 3.23. The first-order valence-electron chi connectivity index (χ1n) is 4.03.